The fraction of sp³-hybridized carbons (Fsp3) is 0.600. The summed E-state index contributed by atoms with van der Waals surface area (Å²) in [6, 6.07) is 0. The van der Waals surface area contributed by atoms with Crippen molar-refractivity contribution in [1.29, 1.82) is 0 Å². The van der Waals surface area contributed by atoms with Crippen LogP contribution in [0, 0.1) is 5.41 Å². The largest absolute Gasteiger partial charge is 0.392 e. The van der Waals surface area contributed by atoms with E-state index in [1.807, 2.05) is 26.0 Å². The summed E-state index contributed by atoms with van der Waals surface area (Å²) in [7, 11) is 0. The van der Waals surface area contributed by atoms with Gasteiger partial charge in [0, 0.05) is 5.41 Å². The van der Waals surface area contributed by atoms with Crippen LogP contribution in [-0.4, -0.2) is 22.4 Å². The number of aliphatic hydroxyl groups excluding tert-OH is 1. The van der Waals surface area contributed by atoms with E-state index in [9.17, 15) is 5.11 Å². The Morgan fingerprint density at radius 3 is 2.65 bits per heavy atom. The fourth-order valence-electron chi connectivity index (χ4n) is 2.35. The van der Waals surface area contributed by atoms with Crippen molar-refractivity contribution in [3.05, 3.63) is 35.5 Å². The first kappa shape index (κ1) is 14.2. The average molecular weight is 236 g/mol. The molecule has 96 valence electrons. The zero-order valence-electron chi connectivity index (χ0n) is 11.3. The Morgan fingerprint density at radius 2 is 2.12 bits per heavy atom. The molecule has 1 aliphatic carbocycles. The Kier molecular flexibility index (Phi) is 4.34. The molecule has 0 aromatic heterocycles. The van der Waals surface area contributed by atoms with Gasteiger partial charge in [-0.2, -0.15) is 0 Å². The molecule has 0 unspecified atom stereocenters. The van der Waals surface area contributed by atoms with E-state index in [1.165, 1.54) is 0 Å². The van der Waals surface area contributed by atoms with E-state index in [2.05, 4.69) is 19.9 Å². The molecule has 2 nitrogen and oxygen atoms in total. The molecule has 1 rings (SSSR count). The van der Waals surface area contributed by atoms with Gasteiger partial charge in [-0.05, 0) is 38.3 Å². The van der Waals surface area contributed by atoms with Crippen LogP contribution in [0.25, 0.3) is 0 Å². The minimum absolute atomic E-state index is 0.0345. The second-order valence-corrected chi connectivity index (χ2v) is 5.54. The van der Waals surface area contributed by atoms with Gasteiger partial charge in [0.1, 0.15) is 5.60 Å². The van der Waals surface area contributed by atoms with Crippen molar-refractivity contribution in [2.24, 2.45) is 5.41 Å². The molecule has 0 fully saturated rings. The fourth-order valence-corrected chi connectivity index (χ4v) is 2.35. The Morgan fingerprint density at radius 1 is 1.47 bits per heavy atom. The van der Waals surface area contributed by atoms with Crippen LogP contribution < -0.4 is 0 Å². The average Bonchev–Trinajstić information content (AvgIpc) is 2.24. The maximum absolute atomic E-state index is 10.8. The molecule has 1 aliphatic rings. The van der Waals surface area contributed by atoms with Gasteiger partial charge in [-0.1, -0.05) is 37.6 Å². The Bertz CT molecular complexity index is 361. The quantitative estimate of drug-likeness (QED) is 0.584. The van der Waals surface area contributed by atoms with Crippen LogP contribution in [0.1, 0.15) is 40.5 Å². The SMILES string of the molecule is CC1=CCCC(C)(C)[C@@]1(O)/C=C/C(C)=C\CO. The molecule has 0 bridgehead atoms. The summed E-state index contributed by atoms with van der Waals surface area (Å²) < 4.78 is 0. The Hall–Kier alpha value is -0.860. The summed E-state index contributed by atoms with van der Waals surface area (Å²) >= 11 is 0. The molecule has 0 saturated heterocycles. The normalized spacial score (nSPS) is 29.5. The molecule has 2 heteroatoms. The van der Waals surface area contributed by atoms with E-state index >= 15 is 0 Å². The first-order valence-corrected chi connectivity index (χ1v) is 6.20. The molecule has 0 saturated carbocycles. The molecule has 2 N–H and O–H groups in total. The van der Waals surface area contributed by atoms with Crippen LogP contribution in [0.2, 0.25) is 0 Å². The first-order chi connectivity index (χ1) is 7.83. The highest BCUT2D eigenvalue weighted by atomic mass is 16.3. The maximum atomic E-state index is 10.8. The van der Waals surface area contributed by atoms with Gasteiger partial charge in [-0.3, -0.25) is 0 Å². The molecule has 0 amide bonds. The molecule has 0 aliphatic heterocycles. The molecule has 17 heavy (non-hydrogen) atoms. The van der Waals surface area contributed by atoms with Crippen molar-refractivity contribution in [3.63, 3.8) is 0 Å². The van der Waals surface area contributed by atoms with E-state index in [0.29, 0.717) is 0 Å². The predicted octanol–water partition coefficient (Wildman–Crippen LogP) is 2.98. The van der Waals surface area contributed by atoms with Crippen molar-refractivity contribution in [2.45, 2.75) is 46.1 Å². The van der Waals surface area contributed by atoms with Crippen molar-refractivity contribution in [3.8, 4) is 0 Å². The minimum atomic E-state index is -0.879. The lowest BCUT2D eigenvalue weighted by molar-refractivity contribution is -0.00368. The van der Waals surface area contributed by atoms with E-state index in [4.69, 9.17) is 5.11 Å². The van der Waals surface area contributed by atoms with Gasteiger partial charge in [0.2, 0.25) is 0 Å². The second-order valence-electron chi connectivity index (χ2n) is 5.54. The van der Waals surface area contributed by atoms with Gasteiger partial charge in [-0.25, -0.2) is 0 Å². The third-order valence-electron chi connectivity index (χ3n) is 3.85. The molecule has 0 radical (unpaired) electrons. The predicted molar refractivity (Wildman–Crippen MR) is 71.7 cm³/mol. The lowest BCUT2D eigenvalue weighted by atomic mass is 9.65. The highest BCUT2D eigenvalue weighted by Gasteiger charge is 2.44. The van der Waals surface area contributed by atoms with Crippen molar-refractivity contribution in [1.82, 2.24) is 0 Å². The second kappa shape index (κ2) is 5.19. The van der Waals surface area contributed by atoms with E-state index in [0.717, 1.165) is 24.0 Å². The third kappa shape index (κ3) is 2.88. The molecular weight excluding hydrogens is 212 g/mol. The highest BCUT2D eigenvalue weighted by molar-refractivity contribution is 5.33. The first-order valence-electron chi connectivity index (χ1n) is 6.20. The van der Waals surface area contributed by atoms with Crippen LogP contribution in [0.15, 0.2) is 35.5 Å². The van der Waals surface area contributed by atoms with Gasteiger partial charge in [0.25, 0.3) is 0 Å². The topological polar surface area (TPSA) is 40.5 Å². The van der Waals surface area contributed by atoms with E-state index in [1.54, 1.807) is 6.08 Å². The number of hydrogen-bond donors (Lipinski definition) is 2. The summed E-state index contributed by atoms with van der Waals surface area (Å²) in [5.41, 5.74) is 0.953. The zero-order chi connectivity index (χ0) is 13.1. The van der Waals surface area contributed by atoms with Crippen molar-refractivity contribution < 1.29 is 10.2 Å². The molecule has 0 aromatic carbocycles. The smallest absolute Gasteiger partial charge is 0.109 e. The standard InChI is InChI=1S/C15H24O2/c1-12(8-11-16)7-10-15(17)13(2)6-5-9-14(15,3)4/h6-8,10,16-17H,5,9,11H2,1-4H3/b10-7+,12-8-/t15-/m1/s1. The minimum Gasteiger partial charge on any atom is -0.392 e. The van der Waals surface area contributed by atoms with Crippen LogP contribution in [0.5, 0.6) is 0 Å². The number of hydrogen-bond acceptors (Lipinski definition) is 2. The third-order valence-corrected chi connectivity index (χ3v) is 3.85. The van der Waals surface area contributed by atoms with Gasteiger partial charge >= 0.3 is 0 Å². The van der Waals surface area contributed by atoms with E-state index < -0.39 is 5.60 Å². The van der Waals surface area contributed by atoms with Crippen molar-refractivity contribution in [2.75, 3.05) is 6.61 Å². The van der Waals surface area contributed by atoms with Crippen LogP contribution in [0.3, 0.4) is 0 Å². The van der Waals surface area contributed by atoms with E-state index in [-0.39, 0.29) is 12.0 Å². The number of rotatable bonds is 3. The summed E-state index contributed by atoms with van der Waals surface area (Å²) in [6.07, 6.45) is 9.60. The molecule has 0 spiro atoms. The number of allylic oxidation sites excluding steroid dienone is 3. The van der Waals surface area contributed by atoms with Crippen LogP contribution in [-0.2, 0) is 0 Å². The van der Waals surface area contributed by atoms with Gasteiger partial charge < -0.3 is 10.2 Å². The van der Waals surface area contributed by atoms with Crippen molar-refractivity contribution >= 4 is 0 Å². The zero-order valence-corrected chi connectivity index (χ0v) is 11.3. The summed E-state index contributed by atoms with van der Waals surface area (Å²) in [5.74, 6) is 0. The Labute approximate surface area is 104 Å². The summed E-state index contributed by atoms with van der Waals surface area (Å²) in [5, 5.41) is 19.6. The summed E-state index contributed by atoms with van der Waals surface area (Å²) in [6.45, 7) is 8.13. The maximum Gasteiger partial charge on any atom is 0.109 e. The van der Waals surface area contributed by atoms with Gasteiger partial charge in [0.05, 0.1) is 6.61 Å². The molecular formula is C15H24O2. The lowest BCUT2D eigenvalue weighted by Crippen LogP contribution is -2.45. The van der Waals surface area contributed by atoms with Crippen LogP contribution >= 0.6 is 0 Å². The highest BCUT2D eigenvalue weighted by Crippen LogP contribution is 2.45. The van der Waals surface area contributed by atoms with Crippen LogP contribution in [0.4, 0.5) is 0 Å². The lowest BCUT2D eigenvalue weighted by Gasteiger charge is -2.44. The number of aliphatic hydroxyl groups is 2. The monoisotopic (exact) mass is 236 g/mol. The molecule has 0 aromatic rings. The molecule has 1 atom stereocenters. The van der Waals surface area contributed by atoms with Gasteiger partial charge in [0.15, 0.2) is 0 Å². The Balaban J connectivity index is 3.03. The molecule has 0 heterocycles. The summed E-state index contributed by atoms with van der Waals surface area (Å²) in [4.78, 5) is 0. The van der Waals surface area contributed by atoms with Gasteiger partial charge in [-0.15, -0.1) is 0 Å².